The summed E-state index contributed by atoms with van der Waals surface area (Å²) in [5, 5.41) is 2.78. The molecule has 1 N–H and O–H groups in total. The van der Waals surface area contributed by atoms with Crippen LogP contribution in [0.5, 0.6) is 5.75 Å². The van der Waals surface area contributed by atoms with Gasteiger partial charge in [-0.3, -0.25) is 9.59 Å². The van der Waals surface area contributed by atoms with E-state index in [2.05, 4.69) is 26.1 Å². The van der Waals surface area contributed by atoms with Crippen LogP contribution in [0.3, 0.4) is 0 Å². The van der Waals surface area contributed by atoms with E-state index < -0.39 is 0 Å². The largest absolute Gasteiger partial charge is 0.483 e. The Labute approximate surface area is 155 Å². The summed E-state index contributed by atoms with van der Waals surface area (Å²) >= 11 is 0. The molecule has 2 amide bonds. The normalized spacial score (nSPS) is 11.0. The van der Waals surface area contributed by atoms with Gasteiger partial charge in [-0.05, 0) is 41.3 Å². The molecule has 0 spiro atoms. The number of anilines is 1. The Morgan fingerprint density at radius 3 is 2.19 bits per heavy atom. The van der Waals surface area contributed by atoms with Gasteiger partial charge in [-0.25, -0.2) is 0 Å². The van der Waals surface area contributed by atoms with Gasteiger partial charge in [0.1, 0.15) is 5.75 Å². The maximum Gasteiger partial charge on any atom is 0.262 e. The molecule has 0 saturated carbocycles. The minimum atomic E-state index is -0.250. The van der Waals surface area contributed by atoms with E-state index in [1.165, 1.54) is 4.90 Å². The van der Waals surface area contributed by atoms with Crippen molar-refractivity contribution >= 4 is 17.5 Å². The summed E-state index contributed by atoms with van der Waals surface area (Å²) in [4.78, 5) is 25.5. The van der Waals surface area contributed by atoms with Crippen LogP contribution in [-0.2, 0) is 10.2 Å². The summed E-state index contributed by atoms with van der Waals surface area (Å²) in [6.45, 7) is 6.23. The number of nitrogens with one attached hydrogen (secondary N) is 1. The molecule has 0 aliphatic rings. The highest BCUT2D eigenvalue weighted by atomic mass is 16.5. The molecule has 0 heterocycles. The van der Waals surface area contributed by atoms with Gasteiger partial charge in [-0.2, -0.15) is 0 Å². The molecule has 26 heavy (non-hydrogen) atoms. The van der Waals surface area contributed by atoms with E-state index >= 15 is 0 Å². The van der Waals surface area contributed by atoms with Crippen LogP contribution in [0.25, 0.3) is 0 Å². The van der Waals surface area contributed by atoms with Crippen LogP contribution in [0.15, 0.2) is 48.5 Å². The van der Waals surface area contributed by atoms with Crippen molar-refractivity contribution in [2.45, 2.75) is 26.2 Å². The van der Waals surface area contributed by atoms with Gasteiger partial charge >= 0.3 is 0 Å². The van der Waals surface area contributed by atoms with Crippen molar-refractivity contribution in [3.8, 4) is 5.75 Å². The van der Waals surface area contributed by atoms with Crippen LogP contribution in [0.1, 0.15) is 36.7 Å². The van der Waals surface area contributed by atoms with E-state index in [0.717, 1.165) is 5.56 Å². The zero-order valence-corrected chi connectivity index (χ0v) is 16.0. The van der Waals surface area contributed by atoms with Gasteiger partial charge in [0.2, 0.25) is 0 Å². The number of nitrogens with zero attached hydrogens (tertiary/aromatic N) is 1. The summed E-state index contributed by atoms with van der Waals surface area (Å²) < 4.78 is 5.72. The Morgan fingerprint density at radius 2 is 1.62 bits per heavy atom. The van der Waals surface area contributed by atoms with Crippen LogP contribution < -0.4 is 10.1 Å². The third kappa shape index (κ3) is 5.09. The molecule has 0 unspecified atom stereocenters. The number of rotatable bonds is 5. The predicted octanol–water partition coefficient (Wildman–Crippen LogP) is 3.70. The van der Waals surface area contributed by atoms with Crippen LogP contribution in [0.2, 0.25) is 0 Å². The summed E-state index contributed by atoms with van der Waals surface area (Å²) in [5.41, 5.74) is 2.18. The Bertz CT molecular complexity index is 775. The number of ether oxygens (including phenoxy) is 1. The maximum absolute atomic E-state index is 12.2. The highest BCUT2D eigenvalue weighted by Gasteiger charge is 2.19. The maximum atomic E-state index is 12.2. The quantitative estimate of drug-likeness (QED) is 0.891. The van der Waals surface area contributed by atoms with Crippen molar-refractivity contribution in [1.82, 2.24) is 4.90 Å². The number of benzene rings is 2. The smallest absolute Gasteiger partial charge is 0.262 e. The first kappa shape index (κ1) is 19.5. The van der Waals surface area contributed by atoms with E-state index in [1.54, 1.807) is 38.4 Å². The lowest BCUT2D eigenvalue weighted by Gasteiger charge is -2.22. The molecule has 0 atom stereocenters. The van der Waals surface area contributed by atoms with Gasteiger partial charge in [-0.15, -0.1) is 0 Å². The van der Waals surface area contributed by atoms with Crippen molar-refractivity contribution in [3.05, 3.63) is 59.7 Å². The molecule has 0 aliphatic heterocycles. The van der Waals surface area contributed by atoms with Crippen LogP contribution in [-0.4, -0.2) is 37.4 Å². The molecule has 0 fully saturated rings. The van der Waals surface area contributed by atoms with Crippen LogP contribution in [0, 0.1) is 0 Å². The van der Waals surface area contributed by atoms with Gasteiger partial charge < -0.3 is 15.0 Å². The molecular weight excluding hydrogens is 328 g/mol. The second kappa shape index (κ2) is 8.04. The number of amides is 2. The SMILES string of the molecule is CN(C)C(=O)c1ccc(NC(=O)COc2ccccc2C(C)(C)C)cc1. The summed E-state index contributed by atoms with van der Waals surface area (Å²) in [6, 6.07) is 14.5. The van der Waals surface area contributed by atoms with Crippen LogP contribution >= 0.6 is 0 Å². The summed E-state index contributed by atoms with van der Waals surface area (Å²) in [7, 11) is 3.40. The van der Waals surface area contributed by atoms with Gasteiger partial charge in [0.25, 0.3) is 11.8 Å². The topological polar surface area (TPSA) is 58.6 Å². The van der Waals surface area contributed by atoms with Crippen molar-refractivity contribution < 1.29 is 14.3 Å². The number of hydrogen-bond acceptors (Lipinski definition) is 3. The number of carbonyl (C=O) groups excluding carboxylic acids is 2. The second-order valence-corrected chi connectivity index (χ2v) is 7.36. The van der Waals surface area contributed by atoms with Crippen LogP contribution in [0.4, 0.5) is 5.69 Å². The van der Waals surface area contributed by atoms with Crippen molar-refractivity contribution in [1.29, 1.82) is 0 Å². The Morgan fingerprint density at radius 1 is 1.00 bits per heavy atom. The third-order valence-corrected chi connectivity index (χ3v) is 3.88. The summed E-state index contributed by atoms with van der Waals surface area (Å²) in [6.07, 6.45) is 0. The first-order chi connectivity index (χ1) is 12.2. The fraction of sp³-hybridized carbons (Fsp3) is 0.333. The average Bonchev–Trinajstić information content (AvgIpc) is 2.59. The summed E-state index contributed by atoms with van der Waals surface area (Å²) in [5.74, 6) is 0.382. The molecule has 2 aromatic rings. The van der Waals surface area contributed by atoms with E-state index in [1.807, 2.05) is 24.3 Å². The lowest BCUT2D eigenvalue weighted by Crippen LogP contribution is -2.23. The molecule has 5 heteroatoms. The highest BCUT2D eigenvalue weighted by Crippen LogP contribution is 2.30. The standard InChI is InChI=1S/C21H26N2O3/c1-21(2,3)17-8-6-7-9-18(17)26-14-19(24)22-16-12-10-15(11-13-16)20(25)23(4)5/h6-13H,14H2,1-5H3,(H,22,24). The molecule has 5 nitrogen and oxygen atoms in total. The second-order valence-electron chi connectivity index (χ2n) is 7.36. The fourth-order valence-corrected chi connectivity index (χ4v) is 2.51. The average molecular weight is 354 g/mol. The lowest BCUT2D eigenvalue weighted by molar-refractivity contribution is -0.118. The minimum Gasteiger partial charge on any atom is -0.483 e. The van der Waals surface area contributed by atoms with E-state index in [4.69, 9.17) is 4.74 Å². The van der Waals surface area contributed by atoms with E-state index in [0.29, 0.717) is 17.0 Å². The monoisotopic (exact) mass is 354 g/mol. The number of carbonyl (C=O) groups is 2. The zero-order chi connectivity index (χ0) is 19.3. The fourth-order valence-electron chi connectivity index (χ4n) is 2.51. The first-order valence-corrected chi connectivity index (χ1v) is 8.52. The zero-order valence-electron chi connectivity index (χ0n) is 16.0. The van der Waals surface area contributed by atoms with Crippen molar-refractivity contribution in [3.63, 3.8) is 0 Å². The lowest BCUT2D eigenvalue weighted by atomic mass is 9.86. The van der Waals surface area contributed by atoms with Gasteiger partial charge in [0.15, 0.2) is 6.61 Å². The molecule has 0 bridgehead atoms. The molecule has 0 aliphatic carbocycles. The van der Waals surface area contributed by atoms with Gasteiger partial charge in [0, 0.05) is 25.3 Å². The van der Waals surface area contributed by atoms with Gasteiger partial charge in [-0.1, -0.05) is 39.0 Å². The molecule has 0 radical (unpaired) electrons. The predicted molar refractivity (Wildman–Crippen MR) is 104 cm³/mol. The Balaban J connectivity index is 1.97. The highest BCUT2D eigenvalue weighted by molar-refractivity contribution is 5.95. The Kier molecular flexibility index (Phi) is 6.03. The number of para-hydroxylation sites is 1. The van der Waals surface area contributed by atoms with Gasteiger partial charge in [0.05, 0.1) is 0 Å². The molecule has 2 aromatic carbocycles. The van der Waals surface area contributed by atoms with E-state index in [9.17, 15) is 9.59 Å². The molecule has 2 rings (SSSR count). The molecule has 138 valence electrons. The van der Waals surface area contributed by atoms with Crippen molar-refractivity contribution in [2.75, 3.05) is 26.0 Å². The minimum absolute atomic E-state index is 0.0676. The third-order valence-electron chi connectivity index (χ3n) is 3.88. The Hall–Kier alpha value is -2.82. The first-order valence-electron chi connectivity index (χ1n) is 8.52. The molecule has 0 aromatic heterocycles. The molecular formula is C21H26N2O3. The number of hydrogen-bond donors (Lipinski definition) is 1. The van der Waals surface area contributed by atoms with E-state index in [-0.39, 0.29) is 23.8 Å². The molecule has 0 saturated heterocycles. The van der Waals surface area contributed by atoms with Crippen molar-refractivity contribution in [2.24, 2.45) is 0 Å².